The Morgan fingerprint density at radius 2 is 1.74 bits per heavy atom. The van der Waals surface area contributed by atoms with Crippen molar-refractivity contribution in [2.45, 2.75) is 51.0 Å². The largest absolute Gasteiger partial charge is 0.481 e. The van der Waals surface area contributed by atoms with E-state index in [2.05, 4.69) is 11.4 Å². The third-order valence-electron chi connectivity index (χ3n) is 4.43. The summed E-state index contributed by atoms with van der Waals surface area (Å²) in [7, 11) is 0. The molecule has 0 saturated heterocycles. The van der Waals surface area contributed by atoms with Gasteiger partial charge >= 0.3 is 5.97 Å². The fourth-order valence-corrected chi connectivity index (χ4v) is 3.32. The summed E-state index contributed by atoms with van der Waals surface area (Å²) in [6.45, 7) is 0. The molecule has 2 aliphatic carbocycles. The first kappa shape index (κ1) is 13.9. The van der Waals surface area contributed by atoms with Crippen LogP contribution in [0.4, 0.5) is 0 Å². The summed E-state index contributed by atoms with van der Waals surface area (Å²) in [4.78, 5) is 23.4. The number of nitrogens with zero attached hydrogens (tertiary/aromatic N) is 1. The molecule has 2 rings (SSSR count). The Hall–Kier alpha value is -1.57. The smallest absolute Gasteiger partial charge is 0.307 e. The molecule has 1 amide bonds. The van der Waals surface area contributed by atoms with Gasteiger partial charge in [0.1, 0.15) is 0 Å². The van der Waals surface area contributed by atoms with Crippen molar-refractivity contribution in [3.63, 3.8) is 0 Å². The van der Waals surface area contributed by atoms with Crippen LogP contribution < -0.4 is 5.32 Å². The number of carbonyl (C=O) groups excluding carboxylic acids is 1. The number of nitriles is 1. The molecule has 0 radical (unpaired) electrons. The van der Waals surface area contributed by atoms with Crippen molar-refractivity contribution >= 4 is 11.9 Å². The van der Waals surface area contributed by atoms with Gasteiger partial charge in [-0.1, -0.05) is 12.8 Å². The van der Waals surface area contributed by atoms with Gasteiger partial charge in [-0.25, -0.2) is 0 Å². The van der Waals surface area contributed by atoms with E-state index in [0.29, 0.717) is 12.8 Å². The summed E-state index contributed by atoms with van der Waals surface area (Å²) in [5, 5.41) is 21.1. The highest BCUT2D eigenvalue weighted by molar-refractivity contribution is 5.85. The maximum absolute atomic E-state index is 12.2. The zero-order chi connectivity index (χ0) is 13.8. The van der Waals surface area contributed by atoms with Crippen molar-refractivity contribution in [2.75, 3.05) is 0 Å². The summed E-state index contributed by atoms with van der Waals surface area (Å²) in [5.41, 5.74) is 0. The molecule has 0 aromatic carbocycles. The molecule has 4 atom stereocenters. The lowest BCUT2D eigenvalue weighted by Gasteiger charge is -2.29. The molecule has 2 aliphatic rings. The zero-order valence-corrected chi connectivity index (χ0v) is 11.0. The van der Waals surface area contributed by atoms with E-state index in [9.17, 15) is 14.7 Å². The van der Waals surface area contributed by atoms with Gasteiger partial charge in [0.2, 0.25) is 5.91 Å². The molecule has 0 spiro atoms. The van der Waals surface area contributed by atoms with Crippen LogP contribution in [0.5, 0.6) is 0 Å². The van der Waals surface area contributed by atoms with Crippen LogP contribution in [0.2, 0.25) is 0 Å². The predicted octanol–water partition coefficient (Wildman–Crippen LogP) is 1.69. The first-order valence-electron chi connectivity index (χ1n) is 7.06. The number of hydrogen-bond donors (Lipinski definition) is 2. The molecule has 5 nitrogen and oxygen atoms in total. The predicted molar refractivity (Wildman–Crippen MR) is 68.0 cm³/mol. The second-order valence-electron chi connectivity index (χ2n) is 5.62. The highest BCUT2D eigenvalue weighted by atomic mass is 16.4. The average Bonchev–Trinajstić information content (AvgIpc) is 2.85. The number of nitrogens with one attached hydrogen (secondary N) is 1. The Morgan fingerprint density at radius 1 is 1.05 bits per heavy atom. The standard InChI is InChI=1S/C14H20N2O3/c15-8-9-4-3-7-12(9)16-13(17)10-5-1-2-6-11(10)14(18)19/h9-12H,1-7H2,(H,16,17)(H,18,19). The topological polar surface area (TPSA) is 90.2 Å². The van der Waals surface area contributed by atoms with E-state index in [-0.39, 0.29) is 17.9 Å². The fourth-order valence-electron chi connectivity index (χ4n) is 3.32. The molecule has 2 N–H and O–H groups in total. The molecule has 4 unspecified atom stereocenters. The van der Waals surface area contributed by atoms with E-state index in [4.69, 9.17) is 5.26 Å². The first-order chi connectivity index (χ1) is 9.13. The lowest BCUT2D eigenvalue weighted by molar-refractivity contribution is -0.149. The fraction of sp³-hybridized carbons (Fsp3) is 0.786. The van der Waals surface area contributed by atoms with Gasteiger partial charge < -0.3 is 10.4 Å². The molecule has 2 saturated carbocycles. The minimum absolute atomic E-state index is 0.0890. The van der Waals surface area contributed by atoms with E-state index in [0.717, 1.165) is 32.1 Å². The van der Waals surface area contributed by atoms with E-state index < -0.39 is 17.8 Å². The van der Waals surface area contributed by atoms with Gasteiger partial charge in [0.05, 0.1) is 23.8 Å². The van der Waals surface area contributed by atoms with Crippen LogP contribution in [0.3, 0.4) is 0 Å². The van der Waals surface area contributed by atoms with Gasteiger partial charge in [-0.15, -0.1) is 0 Å². The number of aliphatic carboxylic acids is 1. The SMILES string of the molecule is N#CC1CCCC1NC(=O)C1CCCCC1C(=O)O. The summed E-state index contributed by atoms with van der Waals surface area (Å²) in [5.74, 6) is -2.14. The number of carboxylic acid groups (broad SMARTS) is 1. The van der Waals surface area contributed by atoms with Crippen LogP contribution in [0.25, 0.3) is 0 Å². The van der Waals surface area contributed by atoms with Crippen molar-refractivity contribution in [1.82, 2.24) is 5.32 Å². The van der Waals surface area contributed by atoms with Crippen LogP contribution in [0.15, 0.2) is 0 Å². The summed E-state index contributed by atoms with van der Waals surface area (Å²) in [6.07, 6.45) is 5.63. The maximum atomic E-state index is 12.2. The number of carbonyl (C=O) groups is 2. The highest BCUT2D eigenvalue weighted by Gasteiger charge is 2.38. The van der Waals surface area contributed by atoms with Gasteiger partial charge in [0, 0.05) is 6.04 Å². The zero-order valence-electron chi connectivity index (χ0n) is 11.0. The Kier molecular flexibility index (Phi) is 4.41. The quantitative estimate of drug-likeness (QED) is 0.811. The number of amides is 1. The molecule has 0 bridgehead atoms. The third kappa shape index (κ3) is 3.06. The summed E-state index contributed by atoms with van der Waals surface area (Å²) < 4.78 is 0. The van der Waals surface area contributed by atoms with E-state index >= 15 is 0 Å². The molecule has 104 valence electrons. The lowest BCUT2D eigenvalue weighted by Crippen LogP contribution is -2.45. The molecule has 0 aliphatic heterocycles. The van der Waals surface area contributed by atoms with Gasteiger partial charge in [-0.3, -0.25) is 9.59 Å². The highest BCUT2D eigenvalue weighted by Crippen LogP contribution is 2.32. The maximum Gasteiger partial charge on any atom is 0.307 e. The van der Waals surface area contributed by atoms with E-state index in [1.165, 1.54) is 0 Å². The molecule has 19 heavy (non-hydrogen) atoms. The second-order valence-corrected chi connectivity index (χ2v) is 5.62. The van der Waals surface area contributed by atoms with Gasteiger partial charge in [0.15, 0.2) is 0 Å². The monoisotopic (exact) mass is 264 g/mol. The average molecular weight is 264 g/mol. The second kappa shape index (κ2) is 6.05. The summed E-state index contributed by atoms with van der Waals surface area (Å²) in [6, 6.07) is 2.14. The minimum Gasteiger partial charge on any atom is -0.481 e. The van der Waals surface area contributed by atoms with Crippen molar-refractivity contribution in [3.8, 4) is 6.07 Å². The molecular formula is C14H20N2O3. The molecule has 0 aromatic rings. The van der Waals surface area contributed by atoms with E-state index in [1.807, 2.05) is 0 Å². The van der Waals surface area contributed by atoms with Crippen LogP contribution in [-0.2, 0) is 9.59 Å². The van der Waals surface area contributed by atoms with Crippen molar-refractivity contribution in [3.05, 3.63) is 0 Å². The lowest BCUT2D eigenvalue weighted by atomic mass is 9.78. The van der Waals surface area contributed by atoms with E-state index in [1.54, 1.807) is 0 Å². The number of carboxylic acids is 1. The summed E-state index contributed by atoms with van der Waals surface area (Å²) >= 11 is 0. The van der Waals surface area contributed by atoms with Gasteiger partial charge in [0.25, 0.3) is 0 Å². The molecule has 0 aromatic heterocycles. The van der Waals surface area contributed by atoms with Gasteiger partial charge in [-0.05, 0) is 32.1 Å². The van der Waals surface area contributed by atoms with Crippen LogP contribution in [0, 0.1) is 29.1 Å². The Balaban J connectivity index is 1.98. The first-order valence-corrected chi connectivity index (χ1v) is 7.06. The molecule has 2 fully saturated rings. The van der Waals surface area contributed by atoms with Crippen molar-refractivity contribution in [2.24, 2.45) is 17.8 Å². The van der Waals surface area contributed by atoms with Crippen LogP contribution in [-0.4, -0.2) is 23.0 Å². The minimum atomic E-state index is -0.872. The molecule has 0 heterocycles. The van der Waals surface area contributed by atoms with Crippen LogP contribution >= 0.6 is 0 Å². The van der Waals surface area contributed by atoms with Crippen LogP contribution in [0.1, 0.15) is 44.9 Å². The normalized spacial score (nSPS) is 34.5. The van der Waals surface area contributed by atoms with Crippen molar-refractivity contribution < 1.29 is 14.7 Å². The van der Waals surface area contributed by atoms with Crippen molar-refractivity contribution in [1.29, 1.82) is 5.26 Å². The number of rotatable bonds is 3. The Bertz CT molecular complexity index is 402. The Labute approximate surface area is 113 Å². The number of hydrogen-bond acceptors (Lipinski definition) is 3. The third-order valence-corrected chi connectivity index (χ3v) is 4.43. The molecule has 5 heteroatoms. The Morgan fingerprint density at radius 3 is 2.37 bits per heavy atom. The van der Waals surface area contributed by atoms with Gasteiger partial charge in [-0.2, -0.15) is 5.26 Å². The molecular weight excluding hydrogens is 244 g/mol.